The minimum absolute atomic E-state index is 0.239. The van der Waals surface area contributed by atoms with E-state index >= 15 is 0 Å². The lowest BCUT2D eigenvalue weighted by atomic mass is 10.2. The van der Waals surface area contributed by atoms with Crippen molar-refractivity contribution < 1.29 is 14.7 Å². The summed E-state index contributed by atoms with van der Waals surface area (Å²) in [7, 11) is 0. The van der Waals surface area contributed by atoms with Crippen LogP contribution in [0.4, 0.5) is 4.79 Å². The number of nitrogens with zero attached hydrogens (tertiary/aromatic N) is 1. The zero-order valence-electron chi connectivity index (χ0n) is 10.2. The van der Waals surface area contributed by atoms with Gasteiger partial charge >= 0.3 is 12.0 Å². The summed E-state index contributed by atoms with van der Waals surface area (Å²) >= 11 is 0. The number of nitrogens with one attached hydrogen (secondary N) is 1. The lowest BCUT2D eigenvalue weighted by Crippen LogP contribution is -2.42. The Kier molecular flexibility index (Phi) is 8.29. The van der Waals surface area contributed by atoms with Crippen molar-refractivity contribution in [3.8, 4) is 0 Å². The molecule has 0 aliphatic carbocycles. The zero-order valence-corrected chi connectivity index (χ0v) is 10.2. The fourth-order valence-electron chi connectivity index (χ4n) is 1.35. The van der Waals surface area contributed by atoms with Crippen LogP contribution < -0.4 is 5.32 Å². The average molecular weight is 230 g/mol. The van der Waals surface area contributed by atoms with E-state index in [1.807, 2.05) is 0 Å². The van der Waals surface area contributed by atoms with Crippen molar-refractivity contribution in [1.82, 2.24) is 10.2 Å². The molecule has 5 nitrogen and oxygen atoms in total. The molecule has 2 N–H and O–H groups in total. The monoisotopic (exact) mass is 230 g/mol. The highest BCUT2D eigenvalue weighted by Gasteiger charge is 2.13. The molecule has 0 fully saturated rings. The molecule has 16 heavy (non-hydrogen) atoms. The molecule has 0 bridgehead atoms. The molecular formula is C11H22N2O3. The number of carboxylic acids is 1. The molecule has 0 unspecified atom stereocenters. The SMILES string of the molecule is CCCCCCNC(=O)N(CC)CC(=O)O. The highest BCUT2D eigenvalue weighted by atomic mass is 16.4. The largest absolute Gasteiger partial charge is 0.480 e. The van der Waals surface area contributed by atoms with E-state index in [2.05, 4.69) is 12.2 Å². The summed E-state index contributed by atoms with van der Waals surface area (Å²) in [5.41, 5.74) is 0. The van der Waals surface area contributed by atoms with Crippen molar-refractivity contribution in [3.63, 3.8) is 0 Å². The van der Waals surface area contributed by atoms with E-state index in [1.54, 1.807) is 6.92 Å². The molecule has 0 aromatic carbocycles. The Balaban J connectivity index is 3.71. The molecule has 94 valence electrons. The Bertz CT molecular complexity index is 219. The third kappa shape index (κ3) is 7.09. The molecule has 0 rings (SSSR count). The quantitative estimate of drug-likeness (QED) is 0.623. The fourth-order valence-corrected chi connectivity index (χ4v) is 1.35. The van der Waals surface area contributed by atoms with Crippen molar-refractivity contribution in [1.29, 1.82) is 0 Å². The lowest BCUT2D eigenvalue weighted by Gasteiger charge is -2.18. The molecule has 2 amide bonds. The summed E-state index contributed by atoms with van der Waals surface area (Å²) in [5, 5.41) is 11.3. The van der Waals surface area contributed by atoms with Gasteiger partial charge in [0.05, 0.1) is 0 Å². The van der Waals surface area contributed by atoms with Crippen molar-refractivity contribution in [3.05, 3.63) is 0 Å². The fraction of sp³-hybridized carbons (Fsp3) is 0.818. The molecule has 0 aliphatic heterocycles. The Morgan fingerprint density at radius 2 is 1.88 bits per heavy atom. The molecule has 0 saturated carbocycles. The lowest BCUT2D eigenvalue weighted by molar-refractivity contribution is -0.137. The molecule has 5 heteroatoms. The second-order valence-corrected chi connectivity index (χ2v) is 3.70. The number of carboxylic acid groups (broad SMARTS) is 1. The van der Waals surface area contributed by atoms with Gasteiger partial charge in [-0.3, -0.25) is 4.79 Å². The van der Waals surface area contributed by atoms with Crippen LogP contribution in [-0.2, 0) is 4.79 Å². The highest BCUT2D eigenvalue weighted by molar-refractivity contribution is 5.79. The van der Waals surface area contributed by atoms with E-state index in [4.69, 9.17) is 5.11 Å². The molecule has 0 atom stereocenters. The number of carbonyl (C=O) groups is 2. The second kappa shape index (κ2) is 9.00. The Morgan fingerprint density at radius 1 is 1.19 bits per heavy atom. The van der Waals surface area contributed by atoms with Gasteiger partial charge in [-0.25, -0.2) is 4.79 Å². The van der Waals surface area contributed by atoms with Gasteiger partial charge in [-0.1, -0.05) is 26.2 Å². The first-order valence-electron chi connectivity index (χ1n) is 5.86. The van der Waals surface area contributed by atoms with Crippen LogP contribution in [0.1, 0.15) is 39.5 Å². The summed E-state index contributed by atoms with van der Waals surface area (Å²) < 4.78 is 0. The van der Waals surface area contributed by atoms with Crippen LogP contribution in [0.3, 0.4) is 0 Å². The molecule has 0 aromatic heterocycles. The number of amides is 2. The van der Waals surface area contributed by atoms with E-state index < -0.39 is 5.97 Å². The van der Waals surface area contributed by atoms with Crippen molar-refractivity contribution in [2.45, 2.75) is 39.5 Å². The second-order valence-electron chi connectivity index (χ2n) is 3.70. The predicted octanol–water partition coefficient (Wildman–Crippen LogP) is 1.68. The van der Waals surface area contributed by atoms with Crippen molar-refractivity contribution >= 4 is 12.0 Å². The van der Waals surface area contributed by atoms with Gasteiger partial charge in [0.2, 0.25) is 0 Å². The normalized spacial score (nSPS) is 9.88. The van der Waals surface area contributed by atoms with Gasteiger partial charge in [0.25, 0.3) is 0 Å². The minimum Gasteiger partial charge on any atom is -0.480 e. The molecule has 0 radical (unpaired) electrons. The Labute approximate surface area is 96.8 Å². The topological polar surface area (TPSA) is 69.6 Å². The van der Waals surface area contributed by atoms with E-state index in [1.165, 1.54) is 11.3 Å². The summed E-state index contributed by atoms with van der Waals surface area (Å²) in [5.74, 6) is -0.983. The minimum atomic E-state index is -0.983. The third-order valence-corrected chi connectivity index (χ3v) is 2.30. The van der Waals surface area contributed by atoms with Crippen LogP contribution in [0.25, 0.3) is 0 Å². The molecule has 0 spiro atoms. The molecule has 0 aromatic rings. The van der Waals surface area contributed by atoms with Gasteiger partial charge in [-0.15, -0.1) is 0 Å². The van der Waals surface area contributed by atoms with Crippen LogP contribution in [-0.4, -0.2) is 41.6 Å². The number of hydrogen-bond acceptors (Lipinski definition) is 2. The van der Waals surface area contributed by atoms with Gasteiger partial charge < -0.3 is 15.3 Å². The van der Waals surface area contributed by atoms with Gasteiger partial charge in [0.15, 0.2) is 0 Å². The Hall–Kier alpha value is -1.26. The molecule has 0 heterocycles. The number of carbonyl (C=O) groups excluding carboxylic acids is 1. The van der Waals surface area contributed by atoms with Gasteiger partial charge in [-0.2, -0.15) is 0 Å². The molecule has 0 saturated heterocycles. The van der Waals surface area contributed by atoms with Crippen LogP contribution >= 0.6 is 0 Å². The Morgan fingerprint density at radius 3 is 2.38 bits per heavy atom. The third-order valence-electron chi connectivity index (χ3n) is 2.30. The summed E-state index contributed by atoms with van der Waals surface area (Å²) in [6.45, 7) is 4.68. The standard InChI is InChI=1S/C11H22N2O3/c1-3-5-6-7-8-12-11(16)13(4-2)9-10(14)15/h3-9H2,1-2H3,(H,12,16)(H,14,15). The van der Waals surface area contributed by atoms with Gasteiger partial charge in [0.1, 0.15) is 6.54 Å². The summed E-state index contributed by atoms with van der Waals surface area (Å²) in [4.78, 5) is 23.2. The number of likely N-dealkylation sites (N-methyl/N-ethyl adjacent to an activating group) is 1. The first-order valence-corrected chi connectivity index (χ1v) is 5.86. The summed E-state index contributed by atoms with van der Waals surface area (Å²) in [6, 6.07) is -0.290. The number of rotatable bonds is 8. The van der Waals surface area contributed by atoms with Gasteiger partial charge in [0, 0.05) is 13.1 Å². The van der Waals surface area contributed by atoms with Crippen LogP contribution in [0.15, 0.2) is 0 Å². The van der Waals surface area contributed by atoms with Crippen LogP contribution in [0.5, 0.6) is 0 Å². The van der Waals surface area contributed by atoms with E-state index in [0.717, 1.165) is 19.3 Å². The number of urea groups is 1. The average Bonchev–Trinajstić information content (AvgIpc) is 2.25. The smallest absolute Gasteiger partial charge is 0.323 e. The maximum Gasteiger partial charge on any atom is 0.323 e. The summed E-state index contributed by atoms with van der Waals surface area (Å²) in [6.07, 6.45) is 4.38. The van der Waals surface area contributed by atoms with Crippen molar-refractivity contribution in [2.24, 2.45) is 0 Å². The van der Waals surface area contributed by atoms with Crippen molar-refractivity contribution in [2.75, 3.05) is 19.6 Å². The number of aliphatic carboxylic acids is 1. The van der Waals surface area contributed by atoms with E-state index in [0.29, 0.717) is 13.1 Å². The first kappa shape index (κ1) is 14.7. The van der Waals surface area contributed by atoms with Crippen LogP contribution in [0.2, 0.25) is 0 Å². The number of unbranched alkanes of at least 4 members (excludes halogenated alkanes) is 3. The number of hydrogen-bond donors (Lipinski definition) is 2. The zero-order chi connectivity index (χ0) is 12.4. The first-order chi connectivity index (χ1) is 7.61. The molecule has 0 aliphatic rings. The molecular weight excluding hydrogens is 208 g/mol. The maximum absolute atomic E-state index is 11.5. The van der Waals surface area contributed by atoms with Gasteiger partial charge in [-0.05, 0) is 13.3 Å². The van der Waals surface area contributed by atoms with Crippen LogP contribution in [0, 0.1) is 0 Å². The van der Waals surface area contributed by atoms with E-state index in [-0.39, 0.29) is 12.6 Å². The maximum atomic E-state index is 11.5. The van der Waals surface area contributed by atoms with E-state index in [9.17, 15) is 9.59 Å². The predicted molar refractivity (Wildman–Crippen MR) is 62.4 cm³/mol. The highest BCUT2D eigenvalue weighted by Crippen LogP contribution is 1.97.